The number of unbranched alkanes of at least 4 members (excludes halogenated alkanes) is 1. The molecule has 7 heteroatoms. The Morgan fingerprint density at radius 2 is 1.82 bits per heavy atom. The monoisotopic (exact) mass is 408 g/mol. The Morgan fingerprint density at radius 3 is 2.43 bits per heavy atom. The number of nitrogens with one attached hydrogen (secondary N) is 1. The second-order valence-corrected chi connectivity index (χ2v) is 10.5. The zero-order chi connectivity index (χ0) is 20.3. The van der Waals surface area contributed by atoms with E-state index in [1.165, 1.54) is 6.26 Å². The van der Waals surface area contributed by atoms with Gasteiger partial charge in [-0.3, -0.25) is 9.69 Å². The van der Waals surface area contributed by atoms with Gasteiger partial charge in [0.25, 0.3) is 0 Å². The third-order valence-corrected chi connectivity index (χ3v) is 7.21. The van der Waals surface area contributed by atoms with Gasteiger partial charge < -0.3 is 10.4 Å². The first-order chi connectivity index (χ1) is 13.3. The average Bonchev–Trinajstić information content (AvgIpc) is 3.01. The van der Waals surface area contributed by atoms with Gasteiger partial charge >= 0.3 is 0 Å². The predicted molar refractivity (Wildman–Crippen MR) is 109 cm³/mol. The normalized spacial score (nSPS) is 28.1. The number of sulfone groups is 1. The van der Waals surface area contributed by atoms with Gasteiger partial charge in [0.1, 0.15) is 0 Å². The van der Waals surface area contributed by atoms with Crippen molar-refractivity contribution in [3.8, 4) is 0 Å². The quantitative estimate of drug-likeness (QED) is 0.720. The molecule has 1 saturated heterocycles. The number of amides is 1. The highest BCUT2D eigenvalue weighted by Gasteiger charge is 2.41. The van der Waals surface area contributed by atoms with Crippen LogP contribution in [0.15, 0.2) is 29.2 Å². The minimum Gasteiger partial charge on any atom is -0.391 e. The Bertz CT molecular complexity index is 778. The summed E-state index contributed by atoms with van der Waals surface area (Å²) in [5, 5.41) is 13.5. The van der Waals surface area contributed by atoms with E-state index < -0.39 is 15.9 Å². The second-order valence-electron chi connectivity index (χ2n) is 8.45. The molecule has 2 N–H and O–H groups in total. The summed E-state index contributed by atoms with van der Waals surface area (Å²) in [6.07, 6.45) is 4.71. The summed E-state index contributed by atoms with van der Waals surface area (Å²) in [5.74, 6) is 0.981. The highest BCUT2D eigenvalue weighted by atomic mass is 32.2. The van der Waals surface area contributed by atoms with Crippen LogP contribution >= 0.6 is 0 Å². The van der Waals surface area contributed by atoms with Crippen molar-refractivity contribution < 1.29 is 18.3 Å². The molecule has 1 aromatic carbocycles. The van der Waals surface area contributed by atoms with Crippen molar-refractivity contribution in [2.24, 2.45) is 11.8 Å². The molecule has 4 atom stereocenters. The van der Waals surface area contributed by atoms with E-state index in [0.29, 0.717) is 23.2 Å². The molecule has 1 amide bonds. The molecule has 1 heterocycles. The molecule has 2 fully saturated rings. The maximum absolute atomic E-state index is 12.0. The fourth-order valence-corrected chi connectivity index (χ4v) is 5.16. The Balaban J connectivity index is 1.55. The van der Waals surface area contributed by atoms with Crippen LogP contribution in [0.2, 0.25) is 0 Å². The number of likely N-dealkylation sites (tertiary alicyclic amines) is 1. The molecule has 28 heavy (non-hydrogen) atoms. The van der Waals surface area contributed by atoms with Gasteiger partial charge in [-0.05, 0) is 48.8 Å². The van der Waals surface area contributed by atoms with Crippen molar-refractivity contribution in [2.75, 3.05) is 19.3 Å². The number of fused-ring (bicyclic) bond motifs is 1. The molecule has 1 aliphatic heterocycles. The Labute approximate surface area is 168 Å². The van der Waals surface area contributed by atoms with Crippen molar-refractivity contribution in [3.63, 3.8) is 0 Å². The van der Waals surface area contributed by atoms with Gasteiger partial charge in [0, 0.05) is 32.3 Å². The van der Waals surface area contributed by atoms with Crippen molar-refractivity contribution in [1.29, 1.82) is 0 Å². The highest BCUT2D eigenvalue weighted by Crippen LogP contribution is 2.37. The van der Waals surface area contributed by atoms with Crippen LogP contribution < -0.4 is 5.32 Å². The lowest BCUT2D eigenvalue weighted by Crippen LogP contribution is -2.49. The lowest BCUT2D eigenvalue weighted by atomic mass is 9.77. The molecule has 0 radical (unpaired) electrons. The molecular weight excluding hydrogens is 376 g/mol. The molecule has 3 rings (SSSR count). The van der Waals surface area contributed by atoms with Crippen LogP contribution in [0.25, 0.3) is 0 Å². The Hall–Kier alpha value is -1.44. The van der Waals surface area contributed by atoms with Gasteiger partial charge in [0.15, 0.2) is 9.84 Å². The fraction of sp³-hybridized carbons (Fsp3) is 0.667. The highest BCUT2D eigenvalue weighted by molar-refractivity contribution is 7.90. The number of hydrogen-bond donors (Lipinski definition) is 2. The van der Waals surface area contributed by atoms with Gasteiger partial charge in [-0.15, -0.1) is 0 Å². The molecule has 156 valence electrons. The maximum Gasteiger partial charge on any atom is 0.220 e. The van der Waals surface area contributed by atoms with Crippen molar-refractivity contribution >= 4 is 15.7 Å². The van der Waals surface area contributed by atoms with Gasteiger partial charge in [0.2, 0.25) is 5.91 Å². The van der Waals surface area contributed by atoms with Crippen LogP contribution in [-0.2, 0) is 21.2 Å². The topological polar surface area (TPSA) is 86.7 Å². The molecule has 1 saturated carbocycles. The predicted octanol–water partition coefficient (Wildman–Crippen LogP) is 1.97. The molecular formula is C21H32N2O4S. The number of rotatable bonds is 7. The third kappa shape index (κ3) is 5.33. The summed E-state index contributed by atoms with van der Waals surface area (Å²) < 4.78 is 23.2. The number of aliphatic hydroxyl groups excluding tert-OH is 1. The number of benzene rings is 1. The van der Waals surface area contributed by atoms with Crippen LogP contribution in [0.3, 0.4) is 0 Å². The lowest BCUT2D eigenvalue weighted by molar-refractivity contribution is -0.123. The number of nitrogens with zero attached hydrogens (tertiary/aromatic N) is 1. The van der Waals surface area contributed by atoms with Crippen LogP contribution in [0.5, 0.6) is 0 Å². The summed E-state index contributed by atoms with van der Waals surface area (Å²) in [6, 6.07) is 6.95. The van der Waals surface area contributed by atoms with Gasteiger partial charge in [-0.25, -0.2) is 8.42 Å². The van der Waals surface area contributed by atoms with Crippen LogP contribution in [0.4, 0.5) is 0 Å². The standard InChI is InChI=1S/C21H32N2O4S/c1-3-4-5-21(25)22-19-10-16-13-23(14-17(16)11-20(19)24)12-15-6-8-18(9-7-15)28(2,26)27/h6-9,16-17,19-20,24H,3-5,10-14H2,1-2H3,(H,22,25)/t16-,17+,19-,20-/m0/s1. The molecule has 1 aromatic rings. The van der Waals surface area contributed by atoms with E-state index in [1.807, 2.05) is 12.1 Å². The van der Waals surface area contributed by atoms with Crippen molar-refractivity contribution in [2.45, 2.75) is 62.6 Å². The lowest BCUT2D eigenvalue weighted by Gasteiger charge is -2.35. The van der Waals surface area contributed by atoms with Gasteiger partial charge in [-0.1, -0.05) is 25.5 Å². The fourth-order valence-electron chi connectivity index (χ4n) is 4.53. The van der Waals surface area contributed by atoms with E-state index in [2.05, 4.69) is 17.1 Å². The smallest absolute Gasteiger partial charge is 0.220 e. The van der Waals surface area contributed by atoms with E-state index in [-0.39, 0.29) is 11.9 Å². The largest absolute Gasteiger partial charge is 0.391 e. The number of carbonyl (C=O) groups excluding carboxylic acids is 1. The van der Waals surface area contributed by atoms with E-state index >= 15 is 0 Å². The van der Waals surface area contributed by atoms with Gasteiger partial charge in [-0.2, -0.15) is 0 Å². The SMILES string of the molecule is CCCCC(=O)N[C@H]1C[C@H]2CN(Cc3ccc(S(C)(=O)=O)cc3)C[C@H]2C[C@@H]1O. The van der Waals surface area contributed by atoms with Crippen molar-refractivity contribution in [1.82, 2.24) is 10.2 Å². The third-order valence-electron chi connectivity index (χ3n) is 6.08. The van der Waals surface area contributed by atoms with Crippen LogP contribution in [0.1, 0.15) is 44.6 Å². The number of hydrogen-bond acceptors (Lipinski definition) is 5. The molecule has 0 spiro atoms. The summed E-state index contributed by atoms with van der Waals surface area (Å²) >= 11 is 0. The van der Waals surface area contributed by atoms with E-state index in [0.717, 1.165) is 50.9 Å². The maximum atomic E-state index is 12.0. The minimum atomic E-state index is -3.17. The van der Waals surface area contributed by atoms with Crippen LogP contribution in [-0.4, -0.2) is 55.8 Å². The summed E-state index contributed by atoms with van der Waals surface area (Å²) in [4.78, 5) is 14.8. The molecule has 0 unspecified atom stereocenters. The first-order valence-electron chi connectivity index (χ1n) is 10.2. The summed E-state index contributed by atoms with van der Waals surface area (Å²) in [7, 11) is -3.17. The van der Waals surface area contributed by atoms with Crippen molar-refractivity contribution in [3.05, 3.63) is 29.8 Å². The first-order valence-corrected chi connectivity index (χ1v) is 12.1. The zero-order valence-electron chi connectivity index (χ0n) is 16.8. The number of carbonyl (C=O) groups is 1. The van der Waals surface area contributed by atoms with E-state index in [1.54, 1.807) is 12.1 Å². The Morgan fingerprint density at radius 1 is 1.18 bits per heavy atom. The zero-order valence-corrected chi connectivity index (χ0v) is 17.6. The van der Waals surface area contributed by atoms with Gasteiger partial charge in [0.05, 0.1) is 17.0 Å². The average molecular weight is 409 g/mol. The Kier molecular flexibility index (Phi) is 6.78. The summed E-state index contributed by atoms with van der Waals surface area (Å²) in [5.41, 5.74) is 1.09. The number of aliphatic hydroxyl groups is 1. The molecule has 0 aromatic heterocycles. The first kappa shape index (κ1) is 21.3. The molecule has 1 aliphatic carbocycles. The molecule has 0 bridgehead atoms. The van der Waals surface area contributed by atoms with E-state index in [9.17, 15) is 18.3 Å². The molecule has 6 nitrogen and oxygen atoms in total. The minimum absolute atomic E-state index is 0.0465. The second kappa shape index (κ2) is 8.93. The molecule has 2 aliphatic rings. The van der Waals surface area contributed by atoms with E-state index in [4.69, 9.17) is 0 Å². The summed E-state index contributed by atoms with van der Waals surface area (Å²) in [6.45, 7) is 4.73. The van der Waals surface area contributed by atoms with Crippen LogP contribution in [0, 0.1) is 11.8 Å².